The van der Waals surface area contributed by atoms with Gasteiger partial charge >= 0.3 is 0 Å². The lowest BCUT2D eigenvalue weighted by molar-refractivity contribution is 0.0720. The highest BCUT2D eigenvalue weighted by Gasteiger charge is 2.35. The minimum Gasteiger partial charge on any atom is -0.331 e. The van der Waals surface area contributed by atoms with E-state index in [1.807, 2.05) is 38.1 Å². The topological polar surface area (TPSA) is 72.3 Å². The molecule has 0 radical (unpaired) electrons. The molecule has 1 atom stereocenters. The number of aromatic nitrogens is 2. The summed E-state index contributed by atoms with van der Waals surface area (Å²) in [5.41, 5.74) is 3.20. The number of carbonyl (C=O) groups excluding carboxylic acids is 1. The maximum absolute atomic E-state index is 13.1. The molecular weight excluding hydrogens is 350 g/mol. The number of carbonyl (C=O) groups is 1. The van der Waals surface area contributed by atoms with Crippen molar-refractivity contribution in [1.29, 1.82) is 0 Å². The number of aryl methyl sites for hydroxylation is 1. The molecule has 1 saturated heterocycles. The van der Waals surface area contributed by atoms with Gasteiger partial charge in [-0.3, -0.25) is 4.79 Å². The van der Waals surface area contributed by atoms with E-state index in [1.165, 1.54) is 0 Å². The second-order valence-corrected chi connectivity index (χ2v) is 8.87. The third-order valence-electron chi connectivity index (χ3n) is 4.82. The Labute approximate surface area is 154 Å². The fourth-order valence-corrected chi connectivity index (χ4v) is 5.11. The molecule has 3 rings (SSSR count). The molecule has 6 nitrogen and oxygen atoms in total. The highest BCUT2D eigenvalue weighted by molar-refractivity contribution is 7.91. The van der Waals surface area contributed by atoms with Gasteiger partial charge in [0.25, 0.3) is 5.91 Å². The molecule has 1 amide bonds. The van der Waals surface area contributed by atoms with Crippen LogP contribution in [0, 0.1) is 13.8 Å². The summed E-state index contributed by atoms with van der Waals surface area (Å²) < 4.78 is 25.4. The van der Waals surface area contributed by atoms with Crippen molar-refractivity contribution < 1.29 is 13.2 Å². The van der Waals surface area contributed by atoms with E-state index in [2.05, 4.69) is 11.7 Å². The molecule has 2 heterocycles. The van der Waals surface area contributed by atoms with E-state index < -0.39 is 9.84 Å². The Balaban J connectivity index is 1.94. The van der Waals surface area contributed by atoms with Crippen molar-refractivity contribution in [3.63, 3.8) is 0 Å². The maximum atomic E-state index is 13.1. The highest BCUT2D eigenvalue weighted by atomic mass is 32.2. The second kappa shape index (κ2) is 7.07. The van der Waals surface area contributed by atoms with Crippen molar-refractivity contribution in [2.45, 2.75) is 26.3 Å². The van der Waals surface area contributed by atoms with Gasteiger partial charge in [-0.25, -0.2) is 13.1 Å². The minimum atomic E-state index is -3.08. The third-order valence-corrected chi connectivity index (χ3v) is 6.57. The van der Waals surface area contributed by atoms with E-state index in [9.17, 15) is 13.2 Å². The minimum absolute atomic E-state index is 0.0115. The lowest BCUT2D eigenvalue weighted by atomic mass is 10.1. The summed E-state index contributed by atoms with van der Waals surface area (Å²) in [5.74, 6) is -0.0678. The fraction of sp³-hybridized carbons (Fsp3) is 0.368. The predicted octanol–water partition coefficient (Wildman–Crippen LogP) is 2.30. The zero-order valence-corrected chi connectivity index (χ0v) is 15.9. The van der Waals surface area contributed by atoms with Gasteiger partial charge < -0.3 is 4.90 Å². The number of para-hydroxylation sites is 1. The number of hydrogen-bond acceptors (Lipinski definition) is 4. The molecule has 1 fully saturated rings. The first-order valence-electron chi connectivity index (χ1n) is 8.57. The van der Waals surface area contributed by atoms with Gasteiger partial charge in [-0.05, 0) is 31.9 Å². The van der Waals surface area contributed by atoms with Crippen LogP contribution >= 0.6 is 0 Å². The van der Waals surface area contributed by atoms with Crippen LogP contribution in [-0.2, 0) is 9.84 Å². The lowest BCUT2D eigenvalue weighted by Crippen LogP contribution is -2.41. The monoisotopic (exact) mass is 373 g/mol. The van der Waals surface area contributed by atoms with Gasteiger partial charge in [-0.15, -0.1) is 6.58 Å². The Morgan fingerprint density at radius 3 is 2.73 bits per heavy atom. The SMILES string of the molecule is C=CCN(C(=O)c1cnn(-c2ccccc2C)c1C)C1CCS(=O)(=O)C1. The van der Waals surface area contributed by atoms with Crippen molar-refractivity contribution in [2.24, 2.45) is 0 Å². The lowest BCUT2D eigenvalue weighted by Gasteiger charge is -2.27. The van der Waals surface area contributed by atoms with Crippen LogP contribution in [0.5, 0.6) is 0 Å². The zero-order valence-electron chi connectivity index (χ0n) is 15.1. The van der Waals surface area contributed by atoms with E-state index in [0.717, 1.165) is 16.9 Å². The summed E-state index contributed by atoms with van der Waals surface area (Å²) in [6.07, 6.45) is 3.65. The Kier molecular flexibility index (Phi) is 5.00. The summed E-state index contributed by atoms with van der Waals surface area (Å²) >= 11 is 0. The van der Waals surface area contributed by atoms with Crippen LogP contribution in [0.2, 0.25) is 0 Å². The quantitative estimate of drug-likeness (QED) is 0.754. The van der Waals surface area contributed by atoms with Crippen LogP contribution in [-0.4, -0.2) is 53.1 Å². The summed E-state index contributed by atoms with van der Waals surface area (Å²) in [6, 6.07) is 7.51. The van der Waals surface area contributed by atoms with E-state index in [-0.39, 0.29) is 23.5 Å². The number of sulfone groups is 1. The van der Waals surface area contributed by atoms with Crippen molar-refractivity contribution >= 4 is 15.7 Å². The molecule has 26 heavy (non-hydrogen) atoms. The van der Waals surface area contributed by atoms with E-state index in [0.29, 0.717) is 18.5 Å². The number of nitrogens with zero attached hydrogens (tertiary/aromatic N) is 3. The van der Waals surface area contributed by atoms with Crippen LogP contribution in [0.1, 0.15) is 28.0 Å². The van der Waals surface area contributed by atoms with Crippen molar-refractivity contribution in [3.05, 3.63) is 59.9 Å². The Morgan fingerprint density at radius 2 is 2.12 bits per heavy atom. The van der Waals surface area contributed by atoms with Crippen molar-refractivity contribution in [1.82, 2.24) is 14.7 Å². The van der Waals surface area contributed by atoms with E-state index in [1.54, 1.807) is 21.9 Å². The highest BCUT2D eigenvalue weighted by Crippen LogP contribution is 2.23. The van der Waals surface area contributed by atoms with Crippen LogP contribution < -0.4 is 0 Å². The Bertz CT molecular complexity index is 947. The maximum Gasteiger partial charge on any atom is 0.257 e. The molecule has 1 aromatic heterocycles. The summed E-state index contributed by atoms with van der Waals surface area (Å²) in [5, 5.41) is 4.39. The molecule has 0 saturated carbocycles. The van der Waals surface area contributed by atoms with Gasteiger partial charge in [-0.2, -0.15) is 5.10 Å². The van der Waals surface area contributed by atoms with Crippen LogP contribution in [0.25, 0.3) is 5.69 Å². The fourth-order valence-electron chi connectivity index (χ4n) is 3.38. The molecule has 0 spiro atoms. The summed E-state index contributed by atoms with van der Waals surface area (Å²) in [4.78, 5) is 14.7. The molecule has 1 aromatic carbocycles. The first kappa shape index (κ1) is 18.4. The average molecular weight is 373 g/mol. The Morgan fingerprint density at radius 1 is 1.38 bits per heavy atom. The van der Waals surface area contributed by atoms with E-state index in [4.69, 9.17) is 0 Å². The van der Waals surface area contributed by atoms with Crippen LogP contribution in [0.4, 0.5) is 0 Å². The third kappa shape index (κ3) is 3.44. The molecule has 138 valence electrons. The zero-order chi connectivity index (χ0) is 18.9. The smallest absolute Gasteiger partial charge is 0.257 e. The van der Waals surface area contributed by atoms with Crippen molar-refractivity contribution in [2.75, 3.05) is 18.1 Å². The average Bonchev–Trinajstić information content (AvgIpc) is 3.15. The van der Waals surface area contributed by atoms with Crippen LogP contribution in [0.3, 0.4) is 0 Å². The van der Waals surface area contributed by atoms with Crippen LogP contribution in [0.15, 0.2) is 43.1 Å². The normalized spacial score (nSPS) is 18.6. The van der Waals surface area contributed by atoms with Gasteiger partial charge in [0.1, 0.15) is 0 Å². The molecule has 0 bridgehead atoms. The first-order valence-corrected chi connectivity index (χ1v) is 10.4. The number of benzene rings is 1. The molecule has 1 aliphatic heterocycles. The number of amides is 1. The molecule has 1 aliphatic rings. The van der Waals surface area contributed by atoms with Gasteiger partial charge in [0.2, 0.25) is 0 Å². The largest absolute Gasteiger partial charge is 0.331 e. The predicted molar refractivity (Wildman–Crippen MR) is 101 cm³/mol. The van der Waals surface area contributed by atoms with E-state index >= 15 is 0 Å². The standard InChI is InChI=1S/C19H23N3O3S/c1-4-10-21(16-9-11-26(24,25)13-16)19(23)17-12-20-22(15(17)3)18-8-6-5-7-14(18)2/h4-8,12,16H,1,9-11,13H2,2-3H3. The number of hydrogen-bond donors (Lipinski definition) is 0. The molecule has 7 heteroatoms. The van der Waals surface area contributed by atoms with Gasteiger partial charge in [0, 0.05) is 12.6 Å². The summed E-state index contributed by atoms with van der Waals surface area (Å²) in [7, 11) is -3.08. The summed E-state index contributed by atoms with van der Waals surface area (Å²) in [6.45, 7) is 7.86. The van der Waals surface area contributed by atoms with Crippen molar-refractivity contribution in [3.8, 4) is 5.69 Å². The Hall–Kier alpha value is -2.41. The molecule has 0 aliphatic carbocycles. The van der Waals surface area contributed by atoms with Gasteiger partial charge in [0.05, 0.1) is 34.6 Å². The number of rotatable bonds is 5. The second-order valence-electron chi connectivity index (χ2n) is 6.64. The molecule has 2 aromatic rings. The van der Waals surface area contributed by atoms with Gasteiger partial charge in [-0.1, -0.05) is 24.3 Å². The van der Waals surface area contributed by atoms with Gasteiger partial charge in [0.15, 0.2) is 9.84 Å². The first-order chi connectivity index (χ1) is 12.3. The molecule has 0 N–H and O–H groups in total. The molecular formula is C19H23N3O3S. The molecule has 1 unspecified atom stereocenters.